The monoisotopic (exact) mass is 373 g/mol. The van der Waals surface area contributed by atoms with Gasteiger partial charge in [0.1, 0.15) is 11.0 Å². The van der Waals surface area contributed by atoms with Gasteiger partial charge >= 0.3 is 6.03 Å². The van der Waals surface area contributed by atoms with Crippen LogP contribution in [-0.2, 0) is 0 Å². The number of amides is 2. The number of nitrogens with zero attached hydrogens (tertiary/aromatic N) is 1. The van der Waals surface area contributed by atoms with E-state index in [4.69, 9.17) is 11.6 Å². The largest absolute Gasteiger partial charge is 0.323 e. The number of urea groups is 1. The number of carbonyl (C=O) groups excluding carboxylic acids is 1. The number of anilines is 2. The molecular formula is C14H14BrClFN3O. The Hall–Kier alpha value is -1.66. The number of benzene rings is 1. The fourth-order valence-electron chi connectivity index (χ4n) is 1.53. The van der Waals surface area contributed by atoms with Crippen LogP contribution in [0.15, 0.2) is 34.9 Å². The highest BCUT2D eigenvalue weighted by Gasteiger charge is 2.10. The molecule has 7 heteroatoms. The van der Waals surface area contributed by atoms with Crippen molar-refractivity contribution in [1.29, 1.82) is 0 Å². The predicted molar refractivity (Wildman–Crippen MR) is 87.5 cm³/mol. The predicted octanol–water partition coefficient (Wildman–Crippen LogP) is 5.23. The minimum absolute atomic E-state index is 0. The van der Waals surface area contributed by atoms with Gasteiger partial charge in [0.15, 0.2) is 0 Å². The molecule has 1 aromatic heterocycles. The molecule has 0 fully saturated rings. The topological polar surface area (TPSA) is 54.0 Å². The van der Waals surface area contributed by atoms with Gasteiger partial charge in [0.05, 0.1) is 15.8 Å². The number of rotatable bonds is 2. The van der Waals surface area contributed by atoms with Crippen molar-refractivity contribution in [3.63, 3.8) is 0 Å². The molecule has 0 aliphatic rings. The average Bonchev–Trinajstić information content (AvgIpc) is 2.39. The molecule has 0 bridgehead atoms. The van der Waals surface area contributed by atoms with E-state index < -0.39 is 11.8 Å². The molecule has 1 heterocycles. The Labute approximate surface area is 135 Å². The maximum Gasteiger partial charge on any atom is 0.323 e. The Bertz CT molecular complexity index is 661. The number of pyridine rings is 1. The average molecular weight is 375 g/mol. The zero-order chi connectivity index (χ0) is 14.7. The Morgan fingerprint density at radius 1 is 1.33 bits per heavy atom. The van der Waals surface area contributed by atoms with Crippen molar-refractivity contribution in [1.82, 2.24) is 4.98 Å². The molecule has 21 heavy (non-hydrogen) atoms. The zero-order valence-electron chi connectivity index (χ0n) is 10.4. The van der Waals surface area contributed by atoms with E-state index in [0.29, 0.717) is 15.7 Å². The molecule has 1 aromatic carbocycles. The van der Waals surface area contributed by atoms with Gasteiger partial charge in [0.25, 0.3) is 0 Å². The summed E-state index contributed by atoms with van der Waals surface area (Å²) in [7, 11) is 0. The van der Waals surface area contributed by atoms with Crippen molar-refractivity contribution in [2.24, 2.45) is 0 Å². The first kappa shape index (κ1) is 17.4. The van der Waals surface area contributed by atoms with Crippen molar-refractivity contribution in [2.45, 2.75) is 14.4 Å². The van der Waals surface area contributed by atoms with Gasteiger partial charge in [-0.1, -0.05) is 31.2 Å². The number of carbonyl (C=O) groups is 1. The number of nitrogens with one attached hydrogen (secondary N) is 2. The third-order valence-corrected chi connectivity index (χ3v) is 3.35. The molecule has 0 aliphatic carbocycles. The summed E-state index contributed by atoms with van der Waals surface area (Å²) in [4.78, 5) is 15.7. The maximum atomic E-state index is 13.8. The van der Waals surface area contributed by atoms with Crippen molar-refractivity contribution in [2.75, 3.05) is 10.6 Å². The van der Waals surface area contributed by atoms with Crippen LogP contribution in [0.1, 0.15) is 13.0 Å². The van der Waals surface area contributed by atoms with Gasteiger partial charge in [-0.05, 0) is 34.5 Å². The first-order valence-electron chi connectivity index (χ1n) is 5.61. The normalized spacial score (nSPS) is 9.71. The number of aryl methyl sites for hydroxylation is 1. The Morgan fingerprint density at radius 3 is 2.71 bits per heavy atom. The standard InChI is InChI=1S/C13H10BrClFN3O.CH4/c1-7-3-2-4-9(12(7)16)18-13(20)19-10-5-11(15)17-6-8(10)14;/h2-6H,1H3,(H2,17,18,19,20);1H4. The van der Waals surface area contributed by atoms with Crippen LogP contribution in [0.25, 0.3) is 0 Å². The molecule has 0 atom stereocenters. The van der Waals surface area contributed by atoms with Crippen LogP contribution in [-0.4, -0.2) is 11.0 Å². The summed E-state index contributed by atoms with van der Waals surface area (Å²) in [6.07, 6.45) is 1.46. The van der Waals surface area contributed by atoms with Crippen molar-refractivity contribution >= 4 is 44.9 Å². The van der Waals surface area contributed by atoms with E-state index in [1.807, 2.05) is 0 Å². The van der Waals surface area contributed by atoms with E-state index in [1.54, 1.807) is 19.1 Å². The Kier molecular flexibility index (Phi) is 6.11. The smallest absolute Gasteiger partial charge is 0.306 e. The molecule has 4 nitrogen and oxygen atoms in total. The lowest BCUT2D eigenvalue weighted by molar-refractivity contribution is 0.262. The van der Waals surface area contributed by atoms with Crippen LogP contribution in [0.5, 0.6) is 0 Å². The molecule has 0 unspecified atom stereocenters. The van der Waals surface area contributed by atoms with Gasteiger partial charge in [-0.25, -0.2) is 14.2 Å². The molecule has 0 radical (unpaired) electrons. The van der Waals surface area contributed by atoms with Crippen LogP contribution in [0.2, 0.25) is 5.15 Å². The molecule has 2 amide bonds. The van der Waals surface area contributed by atoms with Gasteiger partial charge in [0, 0.05) is 12.3 Å². The highest BCUT2D eigenvalue weighted by molar-refractivity contribution is 9.10. The van der Waals surface area contributed by atoms with E-state index in [-0.39, 0.29) is 18.3 Å². The van der Waals surface area contributed by atoms with Crippen molar-refractivity contribution < 1.29 is 9.18 Å². The lowest BCUT2D eigenvalue weighted by Crippen LogP contribution is -2.20. The van der Waals surface area contributed by atoms with Crippen molar-refractivity contribution in [3.05, 3.63) is 51.5 Å². The molecule has 0 saturated heterocycles. The number of aromatic nitrogens is 1. The van der Waals surface area contributed by atoms with Gasteiger partial charge in [-0.15, -0.1) is 0 Å². The summed E-state index contributed by atoms with van der Waals surface area (Å²) in [5, 5.41) is 5.24. The molecule has 2 N–H and O–H groups in total. The van der Waals surface area contributed by atoms with Crippen LogP contribution >= 0.6 is 27.5 Å². The third kappa shape index (κ3) is 4.41. The van der Waals surface area contributed by atoms with Crippen molar-refractivity contribution in [3.8, 4) is 0 Å². The second-order valence-electron chi connectivity index (χ2n) is 4.00. The van der Waals surface area contributed by atoms with E-state index in [0.717, 1.165) is 0 Å². The fourth-order valence-corrected chi connectivity index (χ4v) is 2.00. The Morgan fingerprint density at radius 2 is 2.00 bits per heavy atom. The van der Waals surface area contributed by atoms with Gasteiger partial charge in [-0.2, -0.15) is 0 Å². The summed E-state index contributed by atoms with van der Waals surface area (Å²) in [5.41, 5.74) is 1.00. The number of hydrogen-bond acceptors (Lipinski definition) is 2. The van der Waals surface area contributed by atoms with Crippen LogP contribution in [0, 0.1) is 12.7 Å². The van der Waals surface area contributed by atoms with Crippen LogP contribution in [0.3, 0.4) is 0 Å². The van der Waals surface area contributed by atoms with E-state index in [1.165, 1.54) is 18.3 Å². The second kappa shape index (κ2) is 7.38. The van der Waals surface area contributed by atoms with Crippen LogP contribution < -0.4 is 10.6 Å². The minimum Gasteiger partial charge on any atom is -0.306 e. The lowest BCUT2D eigenvalue weighted by atomic mass is 10.2. The molecule has 0 spiro atoms. The van der Waals surface area contributed by atoms with Crippen LogP contribution in [0.4, 0.5) is 20.6 Å². The fraction of sp³-hybridized carbons (Fsp3) is 0.143. The summed E-state index contributed by atoms with van der Waals surface area (Å²) in [5.74, 6) is -0.463. The molecule has 2 rings (SSSR count). The Balaban J connectivity index is 0.00000220. The summed E-state index contributed by atoms with van der Waals surface area (Å²) in [6, 6.07) is 5.68. The minimum atomic E-state index is -0.572. The highest BCUT2D eigenvalue weighted by atomic mass is 79.9. The number of halogens is 3. The SMILES string of the molecule is C.Cc1cccc(NC(=O)Nc2cc(Cl)ncc2Br)c1F. The van der Waals surface area contributed by atoms with Gasteiger partial charge < -0.3 is 10.6 Å². The first-order chi connectivity index (χ1) is 9.47. The summed E-state index contributed by atoms with van der Waals surface area (Å²) in [6.45, 7) is 1.62. The third-order valence-electron chi connectivity index (χ3n) is 2.51. The lowest BCUT2D eigenvalue weighted by Gasteiger charge is -2.10. The highest BCUT2D eigenvalue weighted by Crippen LogP contribution is 2.24. The second-order valence-corrected chi connectivity index (χ2v) is 5.24. The van der Waals surface area contributed by atoms with Gasteiger partial charge in [-0.3, -0.25) is 0 Å². The molecule has 0 aliphatic heterocycles. The summed E-state index contributed by atoms with van der Waals surface area (Å²) < 4.78 is 14.3. The van der Waals surface area contributed by atoms with E-state index >= 15 is 0 Å². The number of hydrogen-bond donors (Lipinski definition) is 2. The molecular weight excluding hydrogens is 361 g/mol. The molecule has 0 saturated carbocycles. The van der Waals surface area contributed by atoms with E-state index in [9.17, 15) is 9.18 Å². The molecule has 2 aromatic rings. The van der Waals surface area contributed by atoms with E-state index in [2.05, 4.69) is 31.5 Å². The first-order valence-corrected chi connectivity index (χ1v) is 6.78. The van der Waals surface area contributed by atoms with Gasteiger partial charge in [0.2, 0.25) is 0 Å². The summed E-state index contributed by atoms with van der Waals surface area (Å²) >= 11 is 8.98. The molecule has 112 valence electrons. The maximum absolute atomic E-state index is 13.8. The zero-order valence-corrected chi connectivity index (χ0v) is 12.7. The quantitative estimate of drug-likeness (QED) is 0.708.